The number of rotatable bonds is 3. The molecule has 0 saturated carbocycles. The highest BCUT2D eigenvalue weighted by Gasteiger charge is 2.36. The van der Waals surface area contributed by atoms with Gasteiger partial charge in [0.1, 0.15) is 0 Å². The third-order valence-corrected chi connectivity index (χ3v) is 6.61. The fourth-order valence-corrected chi connectivity index (χ4v) is 5.35. The van der Waals surface area contributed by atoms with E-state index < -0.39 is 16.0 Å². The molecule has 1 N–H and O–H groups in total. The highest BCUT2D eigenvalue weighted by Crippen LogP contribution is 2.27. The number of aromatic carboxylic acids is 1. The predicted octanol–water partition coefficient (Wildman–Crippen LogP) is 1.62. The molecule has 0 aliphatic carbocycles. The second-order valence-corrected chi connectivity index (χ2v) is 8.53. The Hall–Kier alpha value is -0.960. The van der Waals surface area contributed by atoms with E-state index in [1.807, 2.05) is 0 Å². The molecule has 1 aromatic carbocycles. The van der Waals surface area contributed by atoms with Crippen molar-refractivity contribution in [3.63, 3.8) is 0 Å². The van der Waals surface area contributed by atoms with E-state index in [1.54, 1.807) is 0 Å². The van der Waals surface area contributed by atoms with Crippen molar-refractivity contribution in [2.45, 2.75) is 23.8 Å². The van der Waals surface area contributed by atoms with Gasteiger partial charge in [-0.3, -0.25) is 4.90 Å². The van der Waals surface area contributed by atoms with Crippen LogP contribution in [0.3, 0.4) is 0 Å². The van der Waals surface area contributed by atoms with Gasteiger partial charge in [-0.25, -0.2) is 13.2 Å². The summed E-state index contributed by atoms with van der Waals surface area (Å²) in [7, 11) is -3.67. The van der Waals surface area contributed by atoms with Gasteiger partial charge in [0.25, 0.3) is 0 Å². The van der Waals surface area contributed by atoms with E-state index in [0.717, 1.165) is 25.9 Å². The van der Waals surface area contributed by atoms with Gasteiger partial charge in [0.2, 0.25) is 10.0 Å². The van der Waals surface area contributed by atoms with E-state index >= 15 is 0 Å². The Morgan fingerprint density at radius 2 is 2.00 bits per heavy atom. The van der Waals surface area contributed by atoms with Crippen molar-refractivity contribution in [1.82, 2.24) is 9.21 Å². The normalized spacial score (nSPS) is 23.4. The Balaban J connectivity index is 1.91. The molecule has 0 spiro atoms. The highest BCUT2D eigenvalue weighted by atomic mass is 79.9. The van der Waals surface area contributed by atoms with E-state index in [4.69, 9.17) is 5.11 Å². The molecule has 8 heteroatoms. The molecule has 1 unspecified atom stereocenters. The zero-order chi connectivity index (χ0) is 15.9. The van der Waals surface area contributed by atoms with E-state index in [-0.39, 0.29) is 16.5 Å². The maximum Gasteiger partial charge on any atom is 0.335 e. The minimum absolute atomic E-state index is 0.0331. The van der Waals surface area contributed by atoms with Gasteiger partial charge in [0.15, 0.2) is 0 Å². The number of piperazine rings is 1. The number of carboxylic acid groups (broad SMARTS) is 1. The molecule has 2 saturated heterocycles. The summed E-state index contributed by atoms with van der Waals surface area (Å²) in [6, 6.07) is 4.37. The quantitative estimate of drug-likeness (QED) is 0.850. The molecule has 2 aliphatic heterocycles. The average molecular weight is 389 g/mol. The molecule has 120 valence electrons. The summed E-state index contributed by atoms with van der Waals surface area (Å²) in [6.45, 7) is 2.72. The second-order valence-electron chi connectivity index (χ2n) is 5.68. The van der Waals surface area contributed by atoms with Crippen LogP contribution in [0.5, 0.6) is 0 Å². The number of halogens is 1. The van der Waals surface area contributed by atoms with Gasteiger partial charge in [0, 0.05) is 30.1 Å². The number of benzene rings is 1. The van der Waals surface area contributed by atoms with E-state index in [9.17, 15) is 13.2 Å². The third-order valence-electron chi connectivity index (χ3n) is 4.31. The SMILES string of the molecule is O=C(O)c1cc(Br)cc(S(=O)(=O)N2CCN3CCCC3C2)c1. The summed E-state index contributed by atoms with van der Waals surface area (Å²) in [5.41, 5.74) is -0.0348. The lowest BCUT2D eigenvalue weighted by atomic mass is 10.2. The monoisotopic (exact) mass is 388 g/mol. The number of sulfonamides is 1. The lowest BCUT2D eigenvalue weighted by molar-refractivity contribution is 0.0696. The van der Waals surface area contributed by atoms with Crippen LogP contribution in [0.2, 0.25) is 0 Å². The van der Waals surface area contributed by atoms with Crippen molar-refractivity contribution >= 4 is 31.9 Å². The molecule has 6 nitrogen and oxygen atoms in total. The van der Waals surface area contributed by atoms with Crippen LogP contribution in [0.15, 0.2) is 27.6 Å². The standard InChI is InChI=1S/C14H17BrN2O4S/c15-11-6-10(14(18)19)7-13(8-11)22(20,21)17-5-4-16-3-1-2-12(16)9-17/h6-8,12H,1-5,9H2,(H,18,19). The van der Waals surface area contributed by atoms with Gasteiger partial charge >= 0.3 is 5.97 Å². The zero-order valence-electron chi connectivity index (χ0n) is 11.9. The summed E-state index contributed by atoms with van der Waals surface area (Å²) < 4.78 is 27.5. The molecule has 3 rings (SSSR count). The van der Waals surface area contributed by atoms with Crippen LogP contribution in [0.4, 0.5) is 0 Å². The van der Waals surface area contributed by atoms with E-state index in [1.165, 1.54) is 22.5 Å². The van der Waals surface area contributed by atoms with Crippen molar-refractivity contribution in [2.75, 3.05) is 26.2 Å². The molecular weight excluding hydrogens is 372 g/mol. The molecule has 22 heavy (non-hydrogen) atoms. The molecule has 0 amide bonds. The number of hydrogen-bond donors (Lipinski definition) is 1. The molecule has 2 heterocycles. The number of nitrogens with zero attached hydrogens (tertiary/aromatic N) is 2. The number of hydrogen-bond acceptors (Lipinski definition) is 4. The summed E-state index contributed by atoms with van der Waals surface area (Å²) in [6.07, 6.45) is 2.13. The van der Waals surface area contributed by atoms with Crippen LogP contribution in [0.25, 0.3) is 0 Å². The van der Waals surface area contributed by atoms with E-state index in [2.05, 4.69) is 20.8 Å². The molecule has 0 bridgehead atoms. The Labute approximate surface area is 137 Å². The minimum Gasteiger partial charge on any atom is -0.478 e. The topological polar surface area (TPSA) is 77.9 Å². The molecule has 1 atom stereocenters. The fourth-order valence-electron chi connectivity index (χ4n) is 3.17. The summed E-state index contributed by atoms with van der Waals surface area (Å²) >= 11 is 3.19. The predicted molar refractivity (Wildman–Crippen MR) is 84.5 cm³/mol. The summed E-state index contributed by atoms with van der Waals surface area (Å²) in [5.74, 6) is -1.14. The Morgan fingerprint density at radius 1 is 1.23 bits per heavy atom. The van der Waals surface area contributed by atoms with Gasteiger partial charge in [-0.1, -0.05) is 15.9 Å². The maximum absolute atomic E-state index is 12.8. The first-order valence-electron chi connectivity index (χ1n) is 7.16. The fraction of sp³-hybridized carbons (Fsp3) is 0.500. The average Bonchev–Trinajstić information content (AvgIpc) is 2.93. The summed E-state index contributed by atoms with van der Waals surface area (Å²) in [4.78, 5) is 13.5. The molecule has 0 aromatic heterocycles. The van der Waals surface area contributed by atoms with Crippen LogP contribution < -0.4 is 0 Å². The summed E-state index contributed by atoms with van der Waals surface area (Å²) in [5, 5.41) is 9.10. The van der Waals surface area contributed by atoms with E-state index in [0.29, 0.717) is 17.6 Å². The first-order chi connectivity index (χ1) is 10.4. The Kier molecular flexibility index (Phi) is 4.28. The minimum atomic E-state index is -3.67. The molecule has 0 radical (unpaired) electrons. The van der Waals surface area contributed by atoms with Crippen molar-refractivity contribution in [3.8, 4) is 0 Å². The first-order valence-corrected chi connectivity index (χ1v) is 9.39. The molecule has 2 fully saturated rings. The number of carbonyl (C=O) groups is 1. The number of carboxylic acids is 1. The third kappa shape index (κ3) is 2.92. The lowest BCUT2D eigenvalue weighted by Gasteiger charge is -2.36. The zero-order valence-corrected chi connectivity index (χ0v) is 14.3. The number of fused-ring (bicyclic) bond motifs is 1. The Bertz CT molecular complexity index is 707. The van der Waals surface area contributed by atoms with Crippen LogP contribution in [0.1, 0.15) is 23.2 Å². The van der Waals surface area contributed by atoms with Crippen molar-refractivity contribution in [1.29, 1.82) is 0 Å². The van der Waals surface area contributed by atoms with Gasteiger partial charge in [-0.15, -0.1) is 0 Å². The maximum atomic E-state index is 12.8. The van der Waals surface area contributed by atoms with Crippen LogP contribution in [-0.2, 0) is 10.0 Å². The van der Waals surface area contributed by atoms with Crippen LogP contribution >= 0.6 is 15.9 Å². The molecular formula is C14H17BrN2O4S. The van der Waals surface area contributed by atoms with Crippen LogP contribution in [-0.4, -0.2) is 60.9 Å². The van der Waals surface area contributed by atoms with Gasteiger partial charge in [-0.2, -0.15) is 4.31 Å². The Morgan fingerprint density at radius 3 is 2.73 bits per heavy atom. The van der Waals surface area contributed by atoms with Gasteiger partial charge < -0.3 is 5.11 Å². The van der Waals surface area contributed by atoms with Crippen molar-refractivity contribution in [2.24, 2.45) is 0 Å². The first kappa shape index (κ1) is 15.9. The van der Waals surface area contributed by atoms with Gasteiger partial charge in [0.05, 0.1) is 10.5 Å². The van der Waals surface area contributed by atoms with Crippen LogP contribution in [0, 0.1) is 0 Å². The lowest BCUT2D eigenvalue weighted by Crippen LogP contribution is -2.51. The highest BCUT2D eigenvalue weighted by molar-refractivity contribution is 9.10. The molecule has 1 aromatic rings. The van der Waals surface area contributed by atoms with Crippen molar-refractivity contribution in [3.05, 3.63) is 28.2 Å². The second kappa shape index (κ2) is 5.92. The smallest absolute Gasteiger partial charge is 0.335 e. The van der Waals surface area contributed by atoms with Crippen molar-refractivity contribution < 1.29 is 18.3 Å². The van der Waals surface area contributed by atoms with Gasteiger partial charge in [-0.05, 0) is 37.6 Å². The molecule has 2 aliphatic rings. The largest absolute Gasteiger partial charge is 0.478 e.